The Hall–Kier alpha value is 0.270. The molecule has 1 aliphatic rings. The minimum absolute atomic E-state index is 0.219. The Kier molecular flexibility index (Phi) is 7.75. The van der Waals surface area contributed by atoms with Crippen molar-refractivity contribution in [2.45, 2.75) is 29.1 Å². The van der Waals surface area contributed by atoms with Gasteiger partial charge in [-0.15, -0.1) is 0 Å². The number of rotatable bonds is 5. The van der Waals surface area contributed by atoms with E-state index < -0.39 is 39.5 Å². The monoisotopic (exact) mass is 425 g/mol. The van der Waals surface area contributed by atoms with Crippen LogP contribution >= 0.6 is 47.0 Å². The summed E-state index contributed by atoms with van der Waals surface area (Å²) in [5.41, 5.74) is 0. The van der Waals surface area contributed by atoms with Gasteiger partial charge in [0, 0.05) is 10.9 Å². The van der Waals surface area contributed by atoms with Gasteiger partial charge < -0.3 is 39.6 Å². The number of amides is 1. The van der Waals surface area contributed by atoms with E-state index in [1.807, 2.05) is 6.92 Å². The maximum Gasteiger partial charge on any atom is 0.508 e. The van der Waals surface area contributed by atoms with Crippen LogP contribution in [0.15, 0.2) is 0 Å². The minimum atomic E-state index is -1.72. The molecule has 0 saturated carbocycles. The van der Waals surface area contributed by atoms with Gasteiger partial charge in [-0.3, -0.25) is 4.79 Å². The molecule has 22 heavy (non-hydrogen) atoms. The largest absolute Gasteiger partial charge is 0.508 e. The van der Waals surface area contributed by atoms with E-state index in [1.54, 1.807) is 6.92 Å². The number of carbonyl (C=O) groups is 2. The van der Waals surface area contributed by atoms with Crippen LogP contribution in [0.5, 0.6) is 0 Å². The molecule has 1 rings (SSSR count). The molecule has 1 amide bonds. The summed E-state index contributed by atoms with van der Waals surface area (Å²) in [5, 5.41) is 2.54. The van der Waals surface area contributed by atoms with Gasteiger partial charge in [0.2, 0.25) is 15.1 Å². The second-order valence-electron chi connectivity index (χ2n) is 4.40. The molecule has 4 unspecified atom stereocenters. The summed E-state index contributed by atoms with van der Waals surface area (Å²) in [7, 11) is -0.426. The summed E-state index contributed by atoms with van der Waals surface area (Å²) in [4.78, 5) is 23.3. The highest BCUT2D eigenvalue weighted by molar-refractivity contribution is 8.35. The third-order valence-electron chi connectivity index (χ3n) is 2.89. The number of ether oxygens (including phenoxy) is 2. The normalized spacial score (nSPS) is 23.8. The van der Waals surface area contributed by atoms with E-state index in [9.17, 15) is 9.59 Å². The lowest BCUT2D eigenvalue weighted by atomic mass is 9.96. The summed E-state index contributed by atoms with van der Waals surface area (Å²) in [6.07, 6.45) is -1.71. The number of carbonyl (C=O) groups excluding carboxylic acids is 2. The quantitative estimate of drug-likeness (QED) is 0.182. The summed E-state index contributed by atoms with van der Waals surface area (Å²) < 4.78 is 8.42. The third kappa shape index (κ3) is 5.72. The van der Waals surface area contributed by atoms with Crippen molar-refractivity contribution in [1.29, 1.82) is 0 Å². The Morgan fingerprint density at radius 1 is 1.55 bits per heavy atom. The van der Waals surface area contributed by atoms with E-state index in [0.29, 0.717) is 9.28 Å². The second kappa shape index (κ2) is 8.39. The van der Waals surface area contributed by atoms with E-state index in [1.165, 1.54) is 0 Å². The van der Waals surface area contributed by atoms with Gasteiger partial charge in [0.15, 0.2) is 0 Å². The summed E-state index contributed by atoms with van der Waals surface area (Å²) in [5.74, 6) is -0.0258. The molecular formula is C11H14Cl3NO4S3. The van der Waals surface area contributed by atoms with E-state index in [4.69, 9.17) is 64.4 Å². The molecule has 4 atom stereocenters. The molecule has 0 aliphatic carbocycles. The fourth-order valence-electron chi connectivity index (χ4n) is 1.88. The van der Waals surface area contributed by atoms with Crippen molar-refractivity contribution in [3.8, 4) is 0 Å². The van der Waals surface area contributed by atoms with Crippen LogP contribution in [-0.2, 0) is 37.8 Å². The van der Waals surface area contributed by atoms with Crippen LogP contribution in [-0.4, -0.2) is 43.2 Å². The van der Waals surface area contributed by atoms with Crippen molar-refractivity contribution in [3.05, 3.63) is 0 Å². The first kappa shape index (κ1) is 20.3. The fourth-order valence-corrected chi connectivity index (χ4v) is 5.13. The van der Waals surface area contributed by atoms with Gasteiger partial charge in [0.05, 0.1) is 3.53 Å². The predicted octanol–water partition coefficient (Wildman–Crippen LogP) is 2.44. The number of hydrogen-bond acceptors (Lipinski definition) is 6. The molecule has 0 aromatic carbocycles. The van der Waals surface area contributed by atoms with Gasteiger partial charge >= 0.3 is 6.16 Å². The lowest BCUT2D eigenvalue weighted by Crippen LogP contribution is -2.66. The van der Waals surface area contributed by atoms with Gasteiger partial charge in [-0.05, 0) is 13.8 Å². The molecule has 0 radical (unpaired) electrons. The maximum absolute atomic E-state index is 11.7. The number of nitrogens with one attached hydrogen (secondary N) is 1. The maximum atomic E-state index is 11.7. The Bertz CT molecular complexity index is 460. The smallest absolute Gasteiger partial charge is 0.430 e. The molecule has 0 aromatic heterocycles. The second-order valence-corrected chi connectivity index (χ2v) is 10.9. The molecule has 0 bridgehead atoms. The van der Waals surface area contributed by atoms with E-state index >= 15 is 0 Å². The zero-order valence-corrected chi connectivity index (χ0v) is 16.4. The molecule has 1 heterocycles. The van der Waals surface area contributed by atoms with Crippen LogP contribution in [0.4, 0.5) is 4.79 Å². The van der Waals surface area contributed by atoms with Crippen LogP contribution in [0.1, 0.15) is 13.8 Å². The lowest BCUT2D eigenvalue weighted by Gasteiger charge is -2.38. The highest BCUT2D eigenvalue weighted by Crippen LogP contribution is 2.29. The van der Waals surface area contributed by atoms with E-state index in [2.05, 4.69) is 10.1 Å². The number of thiocarbonyl (C=S) groups is 1. The van der Waals surface area contributed by atoms with Gasteiger partial charge in [-0.25, -0.2) is 4.79 Å². The Balaban J connectivity index is 2.59. The van der Waals surface area contributed by atoms with Crippen molar-refractivity contribution < 1.29 is 19.1 Å². The molecule has 0 aromatic rings. The third-order valence-corrected chi connectivity index (χ3v) is 6.57. The van der Waals surface area contributed by atoms with Crippen molar-refractivity contribution in [3.63, 3.8) is 0 Å². The average Bonchev–Trinajstić information content (AvgIpc) is 2.34. The molecule has 1 fully saturated rings. The number of hydrogen-bond donors (Lipinski definition) is 1. The molecule has 0 spiro atoms. The zero-order valence-electron chi connectivity index (χ0n) is 11.6. The molecule has 1 N–H and O–H groups in total. The first-order chi connectivity index (χ1) is 10.1. The van der Waals surface area contributed by atoms with Gasteiger partial charge in [0.25, 0.3) is 0 Å². The average molecular weight is 427 g/mol. The molecule has 11 heteroatoms. The number of alkyl halides is 3. The highest BCUT2D eigenvalue weighted by Gasteiger charge is 2.53. The molecule has 126 valence electrons. The van der Waals surface area contributed by atoms with E-state index in [0.717, 1.165) is 0 Å². The molecular weight excluding hydrogens is 413 g/mol. The fraction of sp³-hybridized carbons (Fsp3) is 0.727. The van der Waals surface area contributed by atoms with Crippen molar-refractivity contribution >= 4 is 86.1 Å². The molecule has 1 saturated heterocycles. The van der Waals surface area contributed by atoms with Gasteiger partial charge in [-0.2, -0.15) is 0 Å². The Morgan fingerprint density at radius 2 is 2.14 bits per heavy atom. The summed E-state index contributed by atoms with van der Waals surface area (Å²) in [6.45, 7) is 3.08. The summed E-state index contributed by atoms with van der Waals surface area (Å²) in [6, 6.07) is 0. The number of β-lactam (4-membered cyclic amide) rings is 1. The number of halogens is 3. The van der Waals surface area contributed by atoms with Crippen LogP contribution in [0.25, 0.3) is 0 Å². The highest BCUT2D eigenvalue weighted by atomic mass is 35.6. The van der Waals surface area contributed by atoms with Crippen LogP contribution < -0.4 is 5.32 Å². The Morgan fingerprint density at radius 3 is 2.55 bits per heavy atom. The Labute approximate surface area is 157 Å². The zero-order chi connectivity index (χ0) is 17.1. The van der Waals surface area contributed by atoms with Crippen molar-refractivity contribution in [2.24, 2.45) is 5.92 Å². The van der Waals surface area contributed by atoms with Crippen LogP contribution in [0.3, 0.4) is 0 Å². The topological polar surface area (TPSA) is 64.6 Å². The first-order valence-corrected chi connectivity index (χ1v) is 9.58. The van der Waals surface area contributed by atoms with E-state index in [-0.39, 0.29) is 11.3 Å². The predicted molar refractivity (Wildman–Crippen MR) is 95.5 cm³/mol. The molecule has 5 nitrogen and oxygen atoms in total. The summed E-state index contributed by atoms with van der Waals surface area (Å²) >= 11 is 26.5. The lowest BCUT2D eigenvalue weighted by molar-refractivity contribution is -0.137. The standard InChI is InChI=1S/C11H14Cl3NO4S3/c1-3-22(10(20)21)8-6(7(16)15-8)5(2)19-9(17)18-4-11(12,13)14/h5-6,8H,3-4H2,1-2H3,(H-,15,16,20,21). The first-order valence-electron chi connectivity index (χ1n) is 6.18. The molecule has 1 aliphatic heterocycles. The SMILES string of the molecule is CC[S+](C(=S)[S-])C1NC(=O)C1C(C)OC(=O)OCC(Cl)(Cl)Cl. The minimum Gasteiger partial charge on any atom is -0.430 e. The van der Waals surface area contributed by atoms with Crippen LogP contribution in [0.2, 0.25) is 0 Å². The van der Waals surface area contributed by atoms with Crippen LogP contribution in [0, 0.1) is 5.92 Å². The van der Waals surface area contributed by atoms with Crippen molar-refractivity contribution in [2.75, 3.05) is 12.4 Å². The van der Waals surface area contributed by atoms with Gasteiger partial charge in [-0.1, -0.05) is 34.8 Å². The van der Waals surface area contributed by atoms with Gasteiger partial charge in [0.1, 0.15) is 24.4 Å². The van der Waals surface area contributed by atoms with Crippen molar-refractivity contribution in [1.82, 2.24) is 5.32 Å².